The Morgan fingerprint density at radius 3 is 2.43 bits per heavy atom. The first kappa shape index (κ1) is 16.5. The molecule has 2 aliphatic rings. The molecule has 0 aromatic heterocycles. The van der Waals surface area contributed by atoms with Crippen molar-refractivity contribution in [2.75, 3.05) is 32.8 Å². The normalized spacial score (nSPS) is 30.2. The number of nitrogens with two attached hydrogens (primary N) is 1. The van der Waals surface area contributed by atoms with Gasteiger partial charge in [-0.15, -0.1) is 0 Å². The van der Waals surface area contributed by atoms with Gasteiger partial charge in [0.05, 0.1) is 12.0 Å². The molecule has 1 atom stereocenters. The molecular formula is C13H21F3N2O3. The monoisotopic (exact) mass is 310 g/mol. The van der Waals surface area contributed by atoms with Crippen LogP contribution in [-0.4, -0.2) is 60.5 Å². The van der Waals surface area contributed by atoms with Gasteiger partial charge in [0.15, 0.2) is 5.60 Å². The number of piperidine rings is 1. The van der Waals surface area contributed by atoms with E-state index in [9.17, 15) is 23.1 Å². The van der Waals surface area contributed by atoms with Gasteiger partial charge in [0, 0.05) is 26.3 Å². The lowest BCUT2D eigenvalue weighted by molar-refractivity contribution is -0.273. The van der Waals surface area contributed by atoms with Crippen LogP contribution in [0.2, 0.25) is 0 Å². The van der Waals surface area contributed by atoms with E-state index in [0.717, 1.165) is 4.90 Å². The summed E-state index contributed by atoms with van der Waals surface area (Å²) in [6.07, 6.45) is -4.18. The Labute approximate surface area is 121 Å². The molecule has 2 aliphatic heterocycles. The molecule has 0 radical (unpaired) electrons. The lowest BCUT2D eigenvalue weighted by Crippen LogP contribution is -2.61. The molecular weight excluding hydrogens is 289 g/mol. The number of hydrogen-bond acceptors (Lipinski definition) is 4. The highest BCUT2D eigenvalue weighted by molar-refractivity contribution is 5.83. The van der Waals surface area contributed by atoms with Gasteiger partial charge >= 0.3 is 6.18 Å². The first-order valence-corrected chi connectivity index (χ1v) is 7.10. The number of likely N-dealkylation sites (tertiary alicyclic amines) is 1. The summed E-state index contributed by atoms with van der Waals surface area (Å²) in [5.74, 6) is -0.393. The largest absolute Gasteiger partial charge is 0.418 e. The average Bonchev–Trinajstić information content (AvgIpc) is 2.46. The fraction of sp³-hybridized carbons (Fsp3) is 0.923. The van der Waals surface area contributed by atoms with Gasteiger partial charge in [-0.3, -0.25) is 4.79 Å². The van der Waals surface area contributed by atoms with Crippen molar-refractivity contribution in [3.8, 4) is 0 Å². The average molecular weight is 310 g/mol. The lowest BCUT2D eigenvalue weighted by atomic mass is 9.78. The van der Waals surface area contributed by atoms with Crippen LogP contribution >= 0.6 is 0 Å². The molecule has 21 heavy (non-hydrogen) atoms. The number of aliphatic hydroxyl groups is 1. The van der Waals surface area contributed by atoms with Crippen molar-refractivity contribution in [3.63, 3.8) is 0 Å². The molecule has 2 heterocycles. The van der Waals surface area contributed by atoms with Crippen LogP contribution in [0.5, 0.6) is 0 Å². The Kier molecular flexibility index (Phi) is 4.51. The van der Waals surface area contributed by atoms with Gasteiger partial charge < -0.3 is 20.5 Å². The molecule has 8 heteroatoms. The third-order valence-corrected chi connectivity index (χ3v) is 4.58. The summed E-state index contributed by atoms with van der Waals surface area (Å²) < 4.78 is 44.1. The fourth-order valence-electron chi connectivity index (χ4n) is 3.04. The molecule has 122 valence electrons. The maximum absolute atomic E-state index is 12.9. The van der Waals surface area contributed by atoms with Crippen molar-refractivity contribution in [3.05, 3.63) is 0 Å². The number of β-amino-alcohol motifs (C(OH)–C–C–N with tert-alkyl or cyclic N) is 1. The molecule has 0 aliphatic carbocycles. The summed E-state index contributed by atoms with van der Waals surface area (Å²) in [6, 6.07) is 0. The lowest BCUT2D eigenvalue weighted by Gasteiger charge is -2.44. The van der Waals surface area contributed by atoms with E-state index in [1.807, 2.05) is 0 Å². The zero-order valence-electron chi connectivity index (χ0n) is 11.8. The Morgan fingerprint density at radius 2 is 1.90 bits per heavy atom. The molecule has 1 amide bonds. The van der Waals surface area contributed by atoms with Crippen LogP contribution in [0.25, 0.3) is 0 Å². The highest BCUT2D eigenvalue weighted by atomic mass is 19.4. The fourth-order valence-corrected chi connectivity index (χ4v) is 3.04. The van der Waals surface area contributed by atoms with Gasteiger partial charge in [0.1, 0.15) is 0 Å². The van der Waals surface area contributed by atoms with Gasteiger partial charge in [0.2, 0.25) is 5.91 Å². The van der Waals surface area contributed by atoms with Crippen LogP contribution in [0.15, 0.2) is 0 Å². The number of halogens is 3. The Morgan fingerprint density at radius 1 is 1.29 bits per heavy atom. The predicted molar refractivity (Wildman–Crippen MR) is 68.4 cm³/mol. The number of amides is 1. The summed E-state index contributed by atoms with van der Waals surface area (Å²) >= 11 is 0. The van der Waals surface area contributed by atoms with Crippen LogP contribution in [0.1, 0.15) is 25.7 Å². The molecule has 0 saturated carbocycles. The van der Waals surface area contributed by atoms with Crippen molar-refractivity contribution < 1.29 is 27.8 Å². The smallest absolute Gasteiger partial charge is 0.381 e. The summed E-state index contributed by atoms with van der Waals surface area (Å²) in [5.41, 5.74) is 2.03. The summed E-state index contributed by atoms with van der Waals surface area (Å²) in [7, 11) is 0. The Bertz CT molecular complexity index is 397. The zero-order chi connectivity index (χ0) is 15.7. The highest BCUT2D eigenvalue weighted by Gasteiger charge is 2.57. The zero-order valence-corrected chi connectivity index (χ0v) is 11.8. The van der Waals surface area contributed by atoms with E-state index in [1.165, 1.54) is 0 Å². The molecule has 0 aromatic rings. The molecule has 3 N–H and O–H groups in total. The minimum absolute atomic E-state index is 0.0795. The number of carbonyl (C=O) groups is 1. The molecule has 0 bridgehead atoms. The maximum atomic E-state index is 12.9. The first-order valence-electron chi connectivity index (χ1n) is 7.10. The van der Waals surface area contributed by atoms with E-state index in [-0.39, 0.29) is 25.9 Å². The van der Waals surface area contributed by atoms with E-state index in [2.05, 4.69) is 0 Å². The summed E-state index contributed by atoms with van der Waals surface area (Å²) in [4.78, 5) is 13.8. The number of alkyl halides is 3. The Hall–Kier alpha value is -0.860. The first-order chi connectivity index (χ1) is 9.74. The summed E-state index contributed by atoms with van der Waals surface area (Å²) in [6.45, 7) is 0.342. The van der Waals surface area contributed by atoms with E-state index in [4.69, 9.17) is 10.5 Å². The standard InChI is InChI=1S/C13H21F3N2O3/c14-13(15,16)12(20)2-1-5-18(9-12)10(19)11(8-17)3-6-21-7-4-11/h20H,1-9,17H2. The second-order valence-electron chi connectivity index (χ2n) is 5.96. The minimum Gasteiger partial charge on any atom is -0.381 e. The second-order valence-corrected chi connectivity index (χ2v) is 5.96. The summed E-state index contributed by atoms with van der Waals surface area (Å²) in [5, 5.41) is 9.81. The number of carbonyl (C=O) groups excluding carboxylic acids is 1. The van der Waals surface area contributed by atoms with Crippen LogP contribution in [0.4, 0.5) is 13.2 Å². The van der Waals surface area contributed by atoms with Crippen molar-refractivity contribution in [1.29, 1.82) is 0 Å². The molecule has 0 aromatic carbocycles. The molecule has 0 spiro atoms. The van der Waals surface area contributed by atoms with Crippen LogP contribution in [-0.2, 0) is 9.53 Å². The van der Waals surface area contributed by atoms with Crippen molar-refractivity contribution >= 4 is 5.91 Å². The van der Waals surface area contributed by atoms with Gasteiger partial charge in [0.25, 0.3) is 0 Å². The predicted octanol–water partition coefficient (Wildman–Crippen LogP) is 0.658. The van der Waals surface area contributed by atoms with E-state index in [1.54, 1.807) is 0 Å². The van der Waals surface area contributed by atoms with Gasteiger partial charge in [-0.1, -0.05) is 0 Å². The molecule has 2 fully saturated rings. The number of nitrogens with zero attached hydrogens (tertiary/aromatic N) is 1. The van der Waals surface area contributed by atoms with Crippen molar-refractivity contribution in [1.82, 2.24) is 4.90 Å². The molecule has 1 unspecified atom stereocenters. The highest BCUT2D eigenvalue weighted by Crippen LogP contribution is 2.39. The minimum atomic E-state index is -4.74. The quantitative estimate of drug-likeness (QED) is 0.785. The SMILES string of the molecule is NCC1(C(=O)N2CCCC(O)(C(F)(F)F)C2)CCOCC1. The maximum Gasteiger partial charge on any atom is 0.418 e. The topological polar surface area (TPSA) is 75.8 Å². The van der Waals surface area contributed by atoms with E-state index >= 15 is 0 Å². The van der Waals surface area contributed by atoms with Crippen LogP contribution < -0.4 is 5.73 Å². The van der Waals surface area contributed by atoms with Gasteiger partial charge in [-0.25, -0.2) is 0 Å². The third kappa shape index (κ3) is 3.02. The molecule has 2 saturated heterocycles. The number of ether oxygens (including phenoxy) is 1. The molecule has 5 nitrogen and oxygen atoms in total. The molecule has 2 rings (SSSR count). The van der Waals surface area contributed by atoms with Gasteiger partial charge in [-0.05, 0) is 25.7 Å². The second kappa shape index (κ2) is 5.73. The van der Waals surface area contributed by atoms with Crippen LogP contribution in [0.3, 0.4) is 0 Å². The Balaban J connectivity index is 2.15. The van der Waals surface area contributed by atoms with E-state index < -0.39 is 29.6 Å². The van der Waals surface area contributed by atoms with Crippen molar-refractivity contribution in [2.45, 2.75) is 37.5 Å². The number of rotatable bonds is 2. The van der Waals surface area contributed by atoms with Crippen molar-refractivity contribution in [2.24, 2.45) is 11.1 Å². The number of hydrogen-bond donors (Lipinski definition) is 2. The van der Waals surface area contributed by atoms with Crippen LogP contribution in [0, 0.1) is 5.41 Å². The third-order valence-electron chi connectivity index (χ3n) is 4.58. The van der Waals surface area contributed by atoms with Gasteiger partial charge in [-0.2, -0.15) is 13.2 Å². The van der Waals surface area contributed by atoms with E-state index in [0.29, 0.717) is 26.1 Å².